The topological polar surface area (TPSA) is 21.3 Å². The van der Waals surface area contributed by atoms with Gasteiger partial charge in [0, 0.05) is 17.7 Å². The third kappa shape index (κ3) is 3.79. The van der Waals surface area contributed by atoms with E-state index in [0.29, 0.717) is 11.3 Å². The molecule has 2 aromatic rings. The maximum Gasteiger partial charge on any atom is 0.131 e. The Kier molecular flexibility index (Phi) is 4.91. The van der Waals surface area contributed by atoms with E-state index in [1.54, 1.807) is 25.2 Å². The van der Waals surface area contributed by atoms with Crippen molar-refractivity contribution in [3.63, 3.8) is 0 Å². The van der Waals surface area contributed by atoms with Gasteiger partial charge in [-0.15, -0.1) is 0 Å². The highest BCUT2D eigenvalue weighted by molar-refractivity contribution is 5.32. The largest absolute Gasteiger partial charge is 0.489 e. The molecule has 2 rings (SSSR count). The minimum absolute atomic E-state index is 0.0653. The van der Waals surface area contributed by atoms with Crippen molar-refractivity contribution in [1.82, 2.24) is 5.32 Å². The molecule has 0 heterocycles. The molecule has 0 aliphatic heterocycles. The van der Waals surface area contributed by atoms with Crippen LogP contribution in [0.15, 0.2) is 36.4 Å². The summed E-state index contributed by atoms with van der Waals surface area (Å²) in [7, 11) is 1.78. The maximum absolute atomic E-state index is 14.0. The maximum atomic E-state index is 14.0. The number of ether oxygens (including phenoxy) is 1. The number of hydrogen-bond donors (Lipinski definition) is 1. The Morgan fingerprint density at radius 2 is 1.90 bits per heavy atom. The second-order valence-corrected chi connectivity index (χ2v) is 5.05. The van der Waals surface area contributed by atoms with E-state index in [9.17, 15) is 8.78 Å². The van der Waals surface area contributed by atoms with E-state index >= 15 is 0 Å². The van der Waals surface area contributed by atoms with E-state index in [4.69, 9.17) is 4.74 Å². The molecule has 2 nitrogen and oxygen atoms in total. The minimum Gasteiger partial charge on any atom is -0.489 e. The van der Waals surface area contributed by atoms with Gasteiger partial charge in [0.1, 0.15) is 24.0 Å². The van der Waals surface area contributed by atoms with Crippen LogP contribution in [-0.2, 0) is 6.61 Å². The van der Waals surface area contributed by atoms with Crippen molar-refractivity contribution in [3.8, 4) is 5.75 Å². The summed E-state index contributed by atoms with van der Waals surface area (Å²) < 4.78 is 32.7. The normalized spacial score (nSPS) is 12.2. The molecule has 0 aliphatic carbocycles. The van der Waals surface area contributed by atoms with Crippen molar-refractivity contribution in [2.45, 2.75) is 26.5 Å². The molecule has 1 unspecified atom stereocenters. The van der Waals surface area contributed by atoms with Crippen LogP contribution in [0.2, 0.25) is 0 Å². The molecule has 0 fully saturated rings. The molecule has 0 spiro atoms. The molecular weight excluding hydrogens is 272 g/mol. The lowest BCUT2D eigenvalue weighted by molar-refractivity contribution is 0.302. The van der Waals surface area contributed by atoms with Crippen LogP contribution in [0, 0.1) is 18.6 Å². The molecule has 0 amide bonds. The Bertz CT molecular complexity index is 628. The molecule has 0 aromatic heterocycles. The molecule has 2 aromatic carbocycles. The third-order valence-corrected chi connectivity index (χ3v) is 3.58. The Morgan fingerprint density at radius 1 is 1.14 bits per heavy atom. The first-order valence-electron chi connectivity index (χ1n) is 6.86. The van der Waals surface area contributed by atoms with Crippen molar-refractivity contribution in [2.75, 3.05) is 7.05 Å². The van der Waals surface area contributed by atoms with E-state index in [-0.39, 0.29) is 24.3 Å². The van der Waals surface area contributed by atoms with Gasteiger partial charge in [0.15, 0.2) is 0 Å². The Labute approximate surface area is 123 Å². The van der Waals surface area contributed by atoms with Gasteiger partial charge in [0.05, 0.1) is 0 Å². The zero-order valence-corrected chi connectivity index (χ0v) is 12.4. The fraction of sp³-hybridized carbons (Fsp3) is 0.294. The lowest BCUT2D eigenvalue weighted by Gasteiger charge is -2.14. The van der Waals surface area contributed by atoms with Crippen LogP contribution in [0.1, 0.15) is 29.7 Å². The van der Waals surface area contributed by atoms with Crippen LogP contribution in [-0.4, -0.2) is 7.05 Å². The number of benzene rings is 2. The van der Waals surface area contributed by atoms with Gasteiger partial charge in [-0.2, -0.15) is 0 Å². The van der Waals surface area contributed by atoms with Crippen molar-refractivity contribution in [2.24, 2.45) is 0 Å². The summed E-state index contributed by atoms with van der Waals surface area (Å²) in [4.78, 5) is 0. The van der Waals surface area contributed by atoms with Crippen LogP contribution < -0.4 is 10.1 Å². The zero-order chi connectivity index (χ0) is 15.4. The highest BCUT2D eigenvalue weighted by atomic mass is 19.1. The first kappa shape index (κ1) is 15.4. The number of rotatable bonds is 5. The summed E-state index contributed by atoms with van der Waals surface area (Å²) in [5.41, 5.74) is 2.28. The van der Waals surface area contributed by atoms with E-state index in [0.717, 1.165) is 11.1 Å². The van der Waals surface area contributed by atoms with Crippen molar-refractivity contribution < 1.29 is 13.5 Å². The van der Waals surface area contributed by atoms with Gasteiger partial charge < -0.3 is 10.1 Å². The number of halogens is 2. The van der Waals surface area contributed by atoms with Crippen LogP contribution in [0.4, 0.5) is 8.78 Å². The monoisotopic (exact) mass is 291 g/mol. The molecule has 112 valence electrons. The predicted molar refractivity (Wildman–Crippen MR) is 79.3 cm³/mol. The lowest BCUT2D eigenvalue weighted by atomic mass is 10.1. The molecule has 0 saturated carbocycles. The second kappa shape index (κ2) is 6.68. The fourth-order valence-corrected chi connectivity index (χ4v) is 2.06. The smallest absolute Gasteiger partial charge is 0.131 e. The molecular formula is C17H19F2NO. The van der Waals surface area contributed by atoms with Gasteiger partial charge in [0.2, 0.25) is 0 Å². The Morgan fingerprint density at radius 3 is 2.57 bits per heavy atom. The lowest BCUT2D eigenvalue weighted by Crippen LogP contribution is -2.13. The van der Waals surface area contributed by atoms with Crippen molar-refractivity contribution in [3.05, 3.63) is 64.7 Å². The Hall–Kier alpha value is -1.94. The molecule has 0 saturated heterocycles. The number of hydrogen-bond acceptors (Lipinski definition) is 2. The molecule has 0 aliphatic rings. The summed E-state index contributed by atoms with van der Waals surface area (Å²) in [5.74, 6) is -0.183. The average Bonchev–Trinajstić information content (AvgIpc) is 2.47. The van der Waals surface area contributed by atoms with E-state index in [1.807, 2.05) is 13.8 Å². The van der Waals surface area contributed by atoms with Gasteiger partial charge in [-0.05, 0) is 50.2 Å². The van der Waals surface area contributed by atoms with Gasteiger partial charge >= 0.3 is 0 Å². The van der Waals surface area contributed by atoms with Gasteiger partial charge in [0.25, 0.3) is 0 Å². The minimum atomic E-state index is -0.315. The summed E-state index contributed by atoms with van der Waals surface area (Å²) >= 11 is 0. The van der Waals surface area contributed by atoms with Gasteiger partial charge in [-0.25, -0.2) is 8.78 Å². The first-order valence-corrected chi connectivity index (χ1v) is 6.86. The molecule has 1 N–H and O–H groups in total. The molecule has 1 atom stereocenters. The second-order valence-electron chi connectivity index (χ2n) is 5.05. The molecule has 0 radical (unpaired) electrons. The average molecular weight is 291 g/mol. The molecule has 21 heavy (non-hydrogen) atoms. The van der Waals surface area contributed by atoms with Crippen LogP contribution >= 0.6 is 0 Å². The van der Waals surface area contributed by atoms with Crippen molar-refractivity contribution >= 4 is 0 Å². The highest BCUT2D eigenvalue weighted by Gasteiger charge is 2.10. The molecule has 4 heteroatoms. The highest BCUT2D eigenvalue weighted by Crippen LogP contribution is 2.23. The van der Waals surface area contributed by atoms with E-state index in [1.165, 1.54) is 18.2 Å². The van der Waals surface area contributed by atoms with Gasteiger partial charge in [-0.3, -0.25) is 0 Å². The van der Waals surface area contributed by atoms with Crippen LogP contribution in [0.25, 0.3) is 0 Å². The van der Waals surface area contributed by atoms with E-state index < -0.39 is 0 Å². The standard InChI is InChI=1S/C17H19F2NO/c1-11-4-5-14(18)8-13(11)10-21-15-6-7-16(12(2)20-3)17(19)9-15/h4-9,12,20H,10H2,1-3H3. The number of nitrogens with one attached hydrogen (secondary N) is 1. The summed E-state index contributed by atoms with van der Waals surface area (Å²) in [6, 6.07) is 9.26. The summed E-state index contributed by atoms with van der Waals surface area (Å²) in [5, 5.41) is 2.99. The first-order chi connectivity index (χ1) is 10.0. The van der Waals surface area contributed by atoms with Gasteiger partial charge in [-0.1, -0.05) is 12.1 Å². The van der Waals surface area contributed by atoms with Crippen LogP contribution in [0.5, 0.6) is 5.75 Å². The van der Waals surface area contributed by atoms with E-state index in [2.05, 4.69) is 5.32 Å². The summed E-state index contributed by atoms with van der Waals surface area (Å²) in [6.45, 7) is 3.98. The van der Waals surface area contributed by atoms with Crippen LogP contribution in [0.3, 0.4) is 0 Å². The third-order valence-electron chi connectivity index (χ3n) is 3.58. The number of aryl methyl sites for hydroxylation is 1. The fourth-order valence-electron chi connectivity index (χ4n) is 2.06. The quantitative estimate of drug-likeness (QED) is 0.894. The van der Waals surface area contributed by atoms with Crippen molar-refractivity contribution in [1.29, 1.82) is 0 Å². The molecule has 0 bridgehead atoms. The predicted octanol–water partition coefficient (Wildman–Crippen LogP) is 4.13. The zero-order valence-electron chi connectivity index (χ0n) is 12.4. The summed E-state index contributed by atoms with van der Waals surface area (Å²) in [6.07, 6.45) is 0. The Balaban J connectivity index is 2.10. The SMILES string of the molecule is CNC(C)c1ccc(OCc2cc(F)ccc2C)cc1F.